The Morgan fingerprint density at radius 2 is 2.05 bits per heavy atom. The first-order valence-electron chi connectivity index (χ1n) is 6.93. The van der Waals surface area contributed by atoms with Gasteiger partial charge in [-0.2, -0.15) is 0 Å². The van der Waals surface area contributed by atoms with Crippen molar-refractivity contribution in [2.45, 2.75) is 32.2 Å². The maximum Gasteiger partial charge on any atom is 0.241 e. The molecule has 2 rings (SSSR count). The SMILES string of the molecule is CC(C(=O)Nc1ccc(N)cc1)N(C)CC1CCC1. The zero-order chi connectivity index (χ0) is 13.8. The van der Waals surface area contributed by atoms with Gasteiger partial charge in [0.15, 0.2) is 0 Å². The second-order valence-electron chi connectivity index (χ2n) is 5.52. The quantitative estimate of drug-likeness (QED) is 0.800. The molecule has 1 fully saturated rings. The number of carbonyl (C=O) groups is 1. The van der Waals surface area contributed by atoms with Crippen molar-refractivity contribution in [3.8, 4) is 0 Å². The molecule has 0 bridgehead atoms. The number of nitrogens with zero attached hydrogens (tertiary/aromatic N) is 1. The Morgan fingerprint density at radius 1 is 1.42 bits per heavy atom. The number of nitrogen functional groups attached to an aromatic ring is 1. The molecule has 0 spiro atoms. The summed E-state index contributed by atoms with van der Waals surface area (Å²) in [4.78, 5) is 14.3. The first kappa shape index (κ1) is 13.9. The predicted molar refractivity (Wildman–Crippen MR) is 78.9 cm³/mol. The molecule has 1 saturated carbocycles. The predicted octanol–water partition coefficient (Wildman–Crippen LogP) is 2.33. The summed E-state index contributed by atoms with van der Waals surface area (Å²) >= 11 is 0. The van der Waals surface area contributed by atoms with E-state index in [1.165, 1.54) is 19.3 Å². The molecule has 0 aliphatic heterocycles. The van der Waals surface area contributed by atoms with Crippen molar-refractivity contribution < 1.29 is 4.79 Å². The highest BCUT2D eigenvalue weighted by atomic mass is 16.2. The second kappa shape index (κ2) is 6.06. The summed E-state index contributed by atoms with van der Waals surface area (Å²) in [5.41, 5.74) is 7.12. The molecule has 0 saturated heterocycles. The van der Waals surface area contributed by atoms with Gasteiger partial charge in [0.05, 0.1) is 6.04 Å². The standard InChI is InChI=1S/C15H23N3O/c1-11(18(2)10-12-4-3-5-12)15(19)17-14-8-6-13(16)7-9-14/h6-9,11-12H,3-5,10,16H2,1-2H3,(H,17,19). The van der Waals surface area contributed by atoms with Crippen LogP contribution in [0.5, 0.6) is 0 Å². The fourth-order valence-electron chi connectivity index (χ4n) is 2.25. The second-order valence-corrected chi connectivity index (χ2v) is 5.52. The van der Waals surface area contributed by atoms with Gasteiger partial charge in [0, 0.05) is 17.9 Å². The van der Waals surface area contributed by atoms with Crippen LogP contribution < -0.4 is 11.1 Å². The van der Waals surface area contributed by atoms with Gasteiger partial charge < -0.3 is 11.1 Å². The van der Waals surface area contributed by atoms with Crippen LogP contribution in [0.1, 0.15) is 26.2 Å². The zero-order valence-electron chi connectivity index (χ0n) is 11.7. The van der Waals surface area contributed by atoms with Crippen LogP contribution in [0.4, 0.5) is 11.4 Å². The van der Waals surface area contributed by atoms with Gasteiger partial charge >= 0.3 is 0 Å². The van der Waals surface area contributed by atoms with Gasteiger partial charge in [0.25, 0.3) is 0 Å². The molecule has 1 amide bonds. The van der Waals surface area contributed by atoms with E-state index in [4.69, 9.17) is 5.73 Å². The van der Waals surface area contributed by atoms with E-state index >= 15 is 0 Å². The number of benzene rings is 1. The smallest absolute Gasteiger partial charge is 0.241 e. The number of hydrogen-bond donors (Lipinski definition) is 2. The first-order chi connectivity index (χ1) is 9.06. The Kier molecular flexibility index (Phi) is 4.43. The van der Waals surface area contributed by atoms with Crippen LogP contribution in [-0.4, -0.2) is 30.4 Å². The van der Waals surface area contributed by atoms with Crippen LogP contribution in [0, 0.1) is 5.92 Å². The van der Waals surface area contributed by atoms with Crippen molar-refractivity contribution in [2.24, 2.45) is 5.92 Å². The number of likely N-dealkylation sites (N-methyl/N-ethyl adjacent to an activating group) is 1. The van der Waals surface area contributed by atoms with E-state index in [0.29, 0.717) is 5.69 Å². The molecule has 1 aromatic carbocycles. The molecule has 0 radical (unpaired) electrons. The van der Waals surface area contributed by atoms with Crippen molar-refractivity contribution in [3.05, 3.63) is 24.3 Å². The van der Waals surface area contributed by atoms with Gasteiger partial charge in [0.1, 0.15) is 0 Å². The molecule has 0 aromatic heterocycles. The molecule has 104 valence electrons. The first-order valence-corrected chi connectivity index (χ1v) is 6.93. The number of amides is 1. The molecule has 4 nitrogen and oxygen atoms in total. The molecular weight excluding hydrogens is 238 g/mol. The lowest BCUT2D eigenvalue weighted by Crippen LogP contribution is -2.42. The Balaban J connectivity index is 1.85. The van der Waals surface area contributed by atoms with Gasteiger partial charge in [-0.05, 0) is 57.0 Å². The van der Waals surface area contributed by atoms with Crippen LogP contribution in [0.2, 0.25) is 0 Å². The van der Waals surface area contributed by atoms with E-state index < -0.39 is 0 Å². The fraction of sp³-hybridized carbons (Fsp3) is 0.533. The molecule has 0 heterocycles. The van der Waals surface area contributed by atoms with E-state index in [2.05, 4.69) is 10.2 Å². The van der Waals surface area contributed by atoms with Crippen LogP contribution in [0.25, 0.3) is 0 Å². The normalized spacial score (nSPS) is 17.0. The number of hydrogen-bond acceptors (Lipinski definition) is 3. The van der Waals surface area contributed by atoms with Gasteiger partial charge in [-0.3, -0.25) is 9.69 Å². The summed E-state index contributed by atoms with van der Waals surface area (Å²) in [5.74, 6) is 0.809. The highest BCUT2D eigenvalue weighted by molar-refractivity contribution is 5.94. The monoisotopic (exact) mass is 261 g/mol. The molecule has 1 unspecified atom stereocenters. The van der Waals surface area contributed by atoms with Crippen LogP contribution in [-0.2, 0) is 4.79 Å². The average molecular weight is 261 g/mol. The van der Waals surface area contributed by atoms with E-state index in [1.807, 2.05) is 26.1 Å². The van der Waals surface area contributed by atoms with Crippen molar-refractivity contribution >= 4 is 17.3 Å². The van der Waals surface area contributed by atoms with Gasteiger partial charge in [-0.15, -0.1) is 0 Å². The highest BCUT2D eigenvalue weighted by Crippen LogP contribution is 2.27. The summed E-state index contributed by atoms with van der Waals surface area (Å²) in [6.07, 6.45) is 3.94. The molecular formula is C15H23N3O. The summed E-state index contributed by atoms with van der Waals surface area (Å²) in [6, 6.07) is 7.12. The number of rotatable bonds is 5. The summed E-state index contributed by atoms with van der Waals surface area (Å²) in [6.45, 7) is 2.96. The molecule has 4 heteroatoms. The van der Waals surface area contributed by atoms with E-state index in [0.717, 1.165) is 18.2 Å². The third-order valence-corrected chi connectivity index (χ3v) is 3.99. The number of nitrogens with two attached hydrogens (primary N) is 1. The van der Waals surface area contributed by atoms with Gasteiger partial charge in [0.2, 0.25) is 5.91 Å². The minimum atomic E-state index is -0.113. The Hall–Kier alpha value is -1.55. The van der Waals surface area contributed by atoms with Crippen molar-refractivity contribution in [3.63, 3.8) is 0 Å². The lowest BCUT2D eigenvalue weighted by Gasteiger charge is -2.32. The van der Waals surface area contributed by atoms with Gasteiger partial charge in [-0.1, -0.05) is 6.42 Å². The van der Waals surface area contributed by atoms with Crippen molar-refractivity contribution in [1.29, 1.82) is 0 Å². The molecule has 19 heavy (non-hydrogen) atoms. The van der Waals surface area contributed by atoms with E-state index in [9.17, 15) is 4.79 Å². The lowest BCUT2D eigenvalue weighted by molar-refractivity contribution is -0.120. The Bertz CT molecular complexity index is 426. The maximum absolute atomic E-state index is 12.1. The molecule has 3 N–H and O–H groups in total. The number of anilines is 2. The molecule has 1 aromatic rings. The van der Waals surface area contributed by atoms with Crippen molar-refractivity contribution in [1.82, 2.24) is 4.90 Å². The Labute approximate surface area is 115 Å². The van der Waals surface area contributed by atoms with Crippen LogP contribution >= 0.6 is 0 Å². The fourth-order valence-corrected chi connectivity index (χ4v) is 2.25. The Morgan fingerprint density at radius 3 is 2.58 bits per heavy atom. The molecule has 1 atom stereocenters. The summed E-state index contributed by atoms with van der Waals surface area (Å²) in [7, 11) is 2.02. The minimum Gasteiger partial charge on any atom is -0.399 e. The minimum absolute atomic E-state index is 0.0339. The summed E-state index contributed by atoms with van der Waals surface area (Å²) in [5, 5.41) is 2.92. The topological polar surface area (TPSA) is 58.4 Å². The molecule has 1 aliphatic rings. The van der Waals surface area contributed by atoms with Gasteiger partial charge in [-0.25, -0.2) is 0 Å². The van der Waals surface area contributed by atoms with E-state index in [1.54, 1.807) is 12.1 Å². The third kappa shape index (κ3) is 3.70. The number of nitrogens with one attached hydrogen (secondary N) is 1. The highest BCUT2D eigenvalue weighted by Gasteiger charge is 2.24. The number of carbonyl (C=O) groups excluding carboxylic acids is 1. The molecule has 1 aliphatic carbocycles. The van der Waals surface area contributed by atoms with Crippen LogP contribution in [0.15, 0.2) is 24.3 Å². The summed E-state index contributed by atoms with van der Waals surface area (Å²) < 4.78 is 0. The zero-order valence-corrected chi connectivity index (χ0v) is 11.7. The maximum atomic E-state index is 12.1. The lowest BCUT2D eigenvalue weighted by atomic mass is 9.85. The average Bonchev–Trinajstić information content (AvgIpc) is 2.35. The van der Waals surface area contributed by atoms with Crippen molar-refractivity contribution in [2.75, 3.05) is 24.6 Å². The third-order valence-electron chi connectivity index (χ3n) is 3.99. The van der Waals surface area contributed by atoms with Crippen LogP contribution in [0.3, 0.4) is 0 Å². The van der Waals surface area contributed by atoms with E-state index in [-0.39, 0.29) is 11.9 Å². The largest absolute Gasteiger partial charge is 0.399 e.